The van der Waals surface area contributed by atoms with Crippen molar-refractivity contribution in [2.75, 3.05) is 18.4 Å². The molecule has 13 heteroatoms. The third-order valence-corrected chi connectivity index (χ3v) is 5.07. The average molecular weight is 464 g/mol. The van der Waals surface area contributed by atoms with Crippen molar-refractivity contribution in [3.05, 3.63) is 29.1 Å². The molecule has 0 bridgehead atoms. The number of aromatic nitrogens is 4. The van der Waals surface area contributed by atoms with Crippen LogP contribution >= 0.6 is 15.9 Å². The molecule has 0 radical (unpaired) electrons. The number of nitrogens with one attached hydrogen (secondary N) is 2. The lowest BCUT2D eigenvalue weighted by atomic mass is 10.3. The average Bonchev–Trinajstić information content (AvgIpc) is 3.04. The normalized spacial score (nSPS) is 11.7. The SMILES string of the molecule is COc1nc(NS(=O)(=O)c2c[nH]c3nc(Br)ccc23)ncc1OCC(F)F. The summed E-state index contributed by atoms with van der Waals surface area (Å²) in [5, 5.41) is 0.370. The van der Waals surface area contributed by atoms with Crippen LogP contribution in [0, 0.1) is 0 Å². The minimum absolute atomic E-state index is 0.0573. The highest BCUT2D eigenvalue weighted by molar-refractivity contribution is 9.10. The molecule has 0 saturated carbocycles. The number of aromatic amines is 1. The molecule has 0 atom stereocenters. The summed E-state index contributed by atoms with van der Waals surface area (Å²) in [4.78, 5) is 14.4. The van der Waals surface area contributed by atoms with Gasteiger partial charge in [0.15, 0.2) is 5.75 Å². The van der Waals surface area contributed by atoms with Gasteiger partial charge in [-0.2, -0.15) is 4.98 Å². The first-order valence-corrected chi connectivity index (χ1v) is 9.56. The molecule has 0 fully saturated rings. The molecular weight excluding hydrogens is 452 g/mol. The van der Waals surface area contributed by atoms with Crippen LogP contribution < -0.4 is 14.2 Å². The predicted molar refractivity (Wildman–Crippen MR) is 94.7 cm³/mol. The number of nitrogens with zero attached hydrogens (tertiary/aromatic N) is 3. The summed E-state index contributed by atoms with van der Waals surface area (Å²) < 4.78 is 62.3. The van der Waals surface area contributed by atoms with Crippen LogP contribution in [0.3, 0.4) is 0 Å². The zero-order valence-corrected chi connectivity index (χ0v) is 16.0. The summed E-state index contributed by atoms with van der Waals surface area (Å²) in [6, 6.07) is 3.18. The van der Waals surface area contributed by atoms with Gasteiger partial charge in [-0.15, -0.1) is 0 Å². The molecule has 0 aliphatic rings. The second-order valence-electron chi connectivity index (χ2n) is 5.06. The Labute approximate surface area is 160 Å². The van der Waals surface area contributed by atoms with Crippen LogP contribution in [0.4, 0.5) is 14.7 Å². The molecule has 0 aromatic carbocycles. The molecule has 0 aliphatic heterocycles. The zero-order chi connectivity index (χ0) is 19.6. The molecule has 9 nitrogen and oxygen atoms in total. The first-order chi connectivity index (χ1) is 12.8. The number of methoxy groups -OCH3 is 1. The van der Waals surface area contributed by atoms with E-state index in [0.29, 0.717) is 15.6 Å². The molecule has 144 valence electrons. The maximum Gasteiger partial charge on any atom is 0.272 e. The molecule has 2 N–H and O–H groups in total. The number of anilines is 1. The lowest BCUT2D eigenvalue weighted by molar-refractivity contribution is 0.0799. The van der Waals surface area contributed by atoms with Crippen molar-refractivity contribution in [2.24, 2.45) is 0 Å². The van der Waals surface area contributed by atoms with Gasteiger partial charge in [0.05, 0.1) is 13.3 Å². The van der Waals surface area contributed by atoms with Crippen LogP contribution in [0.2, 0.25) is 0 Å². The summed E-state index contributed by atoms with van der Waals surface area (Å²) in [6.07, 6.45) is -0.368. The van der Waals surface area contributed by atoms with Gasteiger partial charge in [0, 0.05) is 11.6 Å². The molecule has 0 spiro atoms. The van der Waals surface area contributed by atoms with Gasteiger partial charge in [0.1, 0.15) is 21.8 Å². The van der Waals surface area contributed by atoms with Gasteiger partial charge in [0.2, 0.25) is 5.95 Å². The molecule has 3 heterocycles. The van der Waals surface area contributed by atoms with Crippen LogP contribution in [-0.2, 0) is 10.0 Å². The quantitative estimate of drug-likeness (QED) is 0.516. The van der Waals surface area contributed by atoms with E-state index in [1.807, 2.05) is 0 Å². The highest BCUT2D eigenvalue weighted by Crippen LogP contribution is 2.27. The second kappa shape index (κ2) is 7.60. The van der Waals surface area contributed by atoms with Gasteiger partial charge >= 0.3 is 0 Å². The molecule has 3 aromatic heterocycles. The Kier molecular flexibility index (Phi) is 5.41. The van der Waals surface area contributed by atoms with Gasteiger partial charge in [-0.3, -0.25) is 0 Å². The van der Waals surface area contributed by atoms with E-state index < -0.39 is 23.1 Å². The van der Waals surface area contributed by atoms with E-state index in [2.05, 4.69) is 40.6 Å². The van der Waals surface area contributed by atoms with Crippen molar-refractivity contribution in [1.29, 1.82) is 0 Å². The Morgan fingerprint density at radius 2 is 2.11 bits per heavy atom. The zero-order valence-electron chi connectivity index (χ0n) is 13.6. The highest BCUT2D eigenvalue weighted by Gasteiger charge is 2.22. The summed E-state index contributed by atoms with van der Waals surface area (Å²) >= 11 is 3.20. The van der Waals surface area contributed by atoms with Crippen molar-refractivity contribution in [1.82, 2.24) is 19.9 Å². The van der Waals surface area contributed by atoms with Gasteiger partial charge in [0.25, 0.3) is 22.3 Å². The number of sulfonamides is 1. The lowest BCUT2D eigenvalue weighted by Crippen LogP contribution is -2.15. The summed E-state index contributed by atoms with van der Waals surface area (Å²) in [7, 11) is -2.82. The van der Waals surface area contributed by atoms with E-state index in [0.717, 1.165) is 6.20 Å². The summed E-state index contributed by atoms with van der Waals surface area (Å²) in [5.74, 6) is -0.634. The Morgan fingerprint density at radius 1 is 1.33 bits per heavy atom. The first-order valence-electron chi connectivity index (χ1n) is 7.28. The summed E-state index contributed by atoms with van der Waals surface area (Å²) in [6.45, 7) is -0.872. The number of pyridine rings is 1. The van der Waals surface area contributed by atoms with Crippen LogP contribution in [-0.4, -0.2) is 48.5 Å². The fourth-order valence-electron chi connectivity index (χ4n) is 2.16. The van der Waals surface area contributed by atoms with E-state index in [1.165, 1.54) is 13.3 Å². The molecule has 0 aliphatic carbocycles. The van der Waals surface area contributed by atoms with Gasteiger partial charge in [-0.25, -0.2) is 31.9 Å². The van der Waals surface area contributed by atoms with Crippen LogP contribution in [0.1, 0.15) is 0 Å². The minimum atomic E-state index is -4.05. The van der Waals surface area contributed by atoms with Crippen LogP contribution in [0.15, 0.2) is 34.0 Å². The molecule has 0 amide bonds. The standard InChI is InChI=1S/C14H12BrF2N5O4S/c1-25-13-8(26-6-11(16)17)4-19-14(21-13)22-27(23,24)9-5-18-12-7(9)2-3-10(15)20-12/h2-5,11H,6H2,1H3,(H,18,20)(H,19,21,22). The van der Waals surface area contributed by atoms with Gasteiger partial charge in [-0.1, -0.05) is 0 Å². The number of fused-ring (bicyclic) bond motifs is 1. The maximum atomic E-state index is 12.6. The lowest BCUT2D eigenvalue weighted by Gasteiger charge is -2.11. The molecule has 3 aromatic rings. The van der Waals surface area contributed by atoms with E-state index in [-0.39, 0.29) is 22.5 Å². The number of hydrogen-bond acceptors (Lipinski definition) is 7. The van der Waals surface area contributed by atoms with Crippen molar-refractivity contribution >= 4 is 42.9 Å². The Morgan fingerprint density at radius 3 is 2.81 bits per heavy atom. The fraction of sp³-hybridized carbons (Fsp3) is 0.214. The predicted octanol–water partition coefficient (Wildman–Crippen LogP) is 2.57. The first kappa shape index (κ1) is 19.2. The van der Waals surface area contributed by atoms with Gasteiger partial charge < -0.3 is 14.5 Å². The van der Waals surface area contributed by atoms with Crippen molar-refractivity contribution in [3.8, 4) is 11.6 Å². The van der Waals surface area contributed by atoms with E-state index in [4.69, 9.17) is 9.47 Å². The van der Waals surface area contributed by atoms with E-state index in [9.17, 15) is 17.2 Å². The molecule has 27 heavy (non-hydrogen) atoms. The van der Waals surface area contributed by atoms with E-state index in [1.54, 1.807) is 12.1 Å². The fourth-order valence-corrected chi connectivity index (χ4v) is 3.58. The number of ether oxygens (including phenoxy) is 2. The monoisotopic (exact) mass is 463 g/mol. The second-order valence-corrected chi connectivity index (χ2v) is 7.52. The summed E-state index contributed by atoms with van der Waals surface area (Å²) in [5.41, 5.74) is 0.374. The number of hydrogen-bond donors (Lipinski definition) is 2. The maximum absolute atomic E-state index is 12.6. The largest absolute Gasteiger partial charge is 0.481 e. The molecule has 0 unspecified atom stereocenters. The van der Waals surface area contributed by atoms with Crippen molar-refractivity contribution in [2.45, 2.75) is 11.3 Å². The molecular formula is C14H12BrF2N5O4S. The Hall–Kier alpha value is -2.54. The Balaban J connectivity index is 1.88. The van der Waals surface area contributed by atoms with Crippen molar-refractivity contribution in [3.63, 3.8) is 0 Å². The van der Waals surface area contributed by atoms with Crippen molar-refractivity contribution < 1.29 is 26.7 Å². The van der Waals surface area contributed by atoms with Crippen LogP contribution in [0.5, 0.6) is 11.6 Å². The topological polar surface area (TPSA) is 119 Å². The number of H-pyrrole nitrogens is 1. The van der Waals surface area contributed by atoms with E-state index >= 15 is 0 Å². The third kappa shape index (κ3) is 4.24. The molecule has 3 rings (SSSR count). The highest BCUT2D eigenvalue weighted by atomic mass is 79.9. The molecule has 0 saturated heterocycles. The Bertz CT molecular complexity index is 1080. The number of rotatable bonds is 7. The smallest absolute Gasteiger partial charge is 0.272 e. The minimum Gasteiger partial charge on any atom is -0.481 e. The van der Waals surface area contributed by atoms with Crippen LogP contribution in [0.25, 0.3) is 11.0 Å². The van der Waals surface area contributed by atoms with Gasteiger partial charge in [-0.05, 0) is 28.1 Å². The number of halogens is 3. The number of alkyl halides is 2. The third-order valence-electron chi connectivity index (χ3n) is 3.26.